The van der Waals surface area contributed by atoms with E-state index in [-0.39, 0.29) is 29.9 Å². The third-order valence-electron chi connectivity index (χ3n) is 5.19. The van der Waals surface area contributed by atoms with Crippen LogP contribution in [0.1, 0.15) is 33.3 Å². The summed E-state index contributed by atoms with van der Waals surface area (Å²) >= 11 is 0. The molecule has 2 aromatic carbocycles. The fourth-order valence-electron chi connectivity index (χ4n) is 3.84. The Labute approximate surface area is 167 Å². The maximum Gasteiger partial charge on any atom is 0.290 e. The van der Waals surface area contributed by atoms with E-state index in [0.29, 0.717) is 28.0 Å². The molecule has 4 rings (SSSR count). The quantitative estimate of drug-likeness (QED) is 0.714. The average molecular weight is 395 g/mol. The van der Waals surface area contributed by atoms with Crippen molar-refractivity contribution in [1.29, 1.82) is 0 Å². The number of nitrogens with zero attached hydrogens (tertiary/aromatic N) is 1. The highest BCUT2D eigenvalue weighted by atomic mass is 16.5. The molecule has 0 bridgehead atoms. The summed E-state index contributed by atoms with van der Waals surface area (Å²) in [5, 5.41) is 9.94. The summed E-state index contributed by atoms with van der Waals surface area (Å²) in [4.78, 5) is 27.9. The van der Waals surface area contributed by atoms with Crippen LogP contribution in [-0.2, 0) is 0 Å². The van der Waals surface area contributed by atoms with Gasteiger partial charge in [-0.2, -0.15) is 0 Å². The first kappa shape index (κ1) is 19.0. The fourth-order valence-corrected chi connectivity index (χ4v) is 3.84. The van der Waals surface area contributed by atoms with E-state index in [2.05, 4.69) is 0 Å². The predicted octanol–water partition coefficient (Wildman–Crippen LogP) is 2.66. The van der Waals surface area contributed by atoms with Crippen LogP contribution in [0.15, 0.2) is 45.6 Å². The van der Waals surface area contributed by atoms with Crippen molar-refractivity contribution in [2.24, 2.45) is 0 Å². The van der Waals surface area contributed by atoms with Gasteiger partial charge >= 0.3 is 0 Å². The summed E-state index contributed by atoms with van der Waals surface area (Å²) in [7, 11) is 3.05. The lowest BCUT2D eigenvalue weighted by molar-refractivity contribution is 0.0691. The number of amides is 1. The fraction of sp³-hybridized carbons (Fsp3) is 0.273. The second-order valence-electron chi connectivity index (χ2n) is 6.91. The minimum Gasteiger partial charge on any atom is -0.493 e. The van der Waals surface area contributed by atoms with E-state index in [1.54, 1.807) is 30.3 Å². The third-order valence-corrected chi connectivity index (χ3v) is 5.19. The highest BCUT2D eigenvalue weighted by Crippen LogP contribution is 2.40. The predicted molar refractivity (Wildman–Crippen MR) is 107 cm³/mol. The summed E-state index contributed by atoms with van der Waals surface area (Å²) in [6.45, 7) is 1.72. The molecule has 2 heterocycles. The van der Waals surface area contributed by atoms with Crippen LogP contribution in [0.3, 0.4) is 0 Å². The molecule has 7 heteroatoms. The zero-order valence-electron chi connectivity index (χ0n) is 16.4. The Morgan fingerprint density at radius 3 is 2.52 bits per heavy atom. The molecule has 0 saturated carbocycles. The van der Waals surface area contributed by atoms with Crippen molar-refractivity contribution in [3.05, 3.63) is 69.1 Å². The monoisotopic (exact) mass is 395 g/mol. The van der Waals surface area contributed by atoms with Gasteiger partial charge in [0.25, 0.3) is 5.91 Å². The lowest BCUT2D eigenvalue weighted by Crippen LogP contribution is -2.32. The van der Waals surface area contributed by atoms with Gasteiger partial charge in [0.15, 0.2) is 16.9 Å². The minimum absolute atomic E-state index is 0.0135. The van der Waals surface area contributed by atoms with Gasteiger partial charge in [-0.1, -0.05) is 17.7 Å². The standard InChI is InChI=1S/C22H21NO6/c1-12-4-6-15-14(10-12)20(25)18-19(23(8-9-24)22(26)21(18)29-15)13-5-7-16(27-2)17(11-13)28-3/h4-7,10-11,19,24H,8-9H2,1-3H3/t19-/m0/s1. The van der Waals surface area contributed by atoms with Gasteiger partial charge in [-0.15, -0.1) is 0 Å². The molecule has 29 heavy (non-hydrogen) atoms. The number of methoxy groups -OCH3 is 2. The Hall–Kier alpha value is -3.32. The molecular formula is C22H21NO6. The Bertz CT molecular complexity index is 1170. The Balaban J connectivity index is 1.99. The SMILES string of the molecule is COc1ccc([C@H]2c3c(oc4ccc(C)cc4c3=O)C(=O)N2CCO)cc1OC. The number of benzene rings is 2. The van der Waals surface area contributed by atoms with Crippen LogP contribution in [0.4, 0.5) is 0 Å². The van der Waals surface area contributed by atoms with Crippen molar-refractivity contribution in [2.75, 3.05) is 27.4 Å². The van der Waals surface area contributed by atoms with E-state index >= 15 is 0 Å². The van der Waals surface area contributed by atoms with E-state index < -0.39 is 11.9 Å². The lowest BCUT2D eigenvalue weighted by atomic mass is 9.97. The number of carbonyl (C=O) groups is 1. The molecule has 0 unspecified atom stereocenters. The summed E-state index contributed by atoms with van der Waals surface area (Å²) in [5.74, 6) is 0.611. The summed E-state index contributed by atoms with van der Waals surface area (Å²) < 4.78 is 16.5. The first-order valence-corrected chi connectivity index (χ1v) is 9.21. The van der Waals surface area contributed by atoms with Crippen LogP contribution in [0.25, 0.3) is 11.0 Å². The van der Waals surface area contributed by atoms with Crippen molar-refractivity contribution in [3.8, 4) is 11.5 Å². The molecule has 1 aliphatic heterocycles. The highest BCUT2D eigenvalue weighted by Gasteiger charge is 2.42. The van der Waals surface area contributed by atoms with Gasteiger partial charge in [-0.05, 0) is 36.8 Å². The molecule has 7 nitrogen and oxygen atoms in total. The number of aliphatic hydroxyl groups is 1. The summed E-state index contributed by atoms with van der Waals surface area (Å²) in [5.41, 5.74) is 1.98. The average Bonchev–Trinajstić information content (AvgIpc) is 3.00. The smallest absolute Gasteiger partial charge is 0.290 e. The van der Waals surface area contributed by atoms with Crippen molar-refractivity contribution in [1.82, 2.24) is 4.90 Å². The number of hydrogen-bond donors (Lipinski definition) is 1. The molecule has 0 spiro atoms. The van der Waals surface area contributed by atoms with Gasteiger partial charge in [-0.3, -0.25) is 9.59 Å². The zero-order valence-corrected chi connectivity index (χ0v) is 16.4. The second-order valence-corrected chi connectivity index (χ2v) is 6.91. The summed E-state index contributed by atoms with van der Waals surface area (Å²) in [6, 6.07) is 9.82. The van der Waals surface area contributed by atoms with Crippen LogP contribution < -0.4 is 14.9 Å². The largest absolute Gasteiger partial charge is 0.493 e. The number of β-amino-alcohol motifs (C(OH)–C–C–N with tert-alkyl or cyclic N) is 1. The Morgan fingerprint density at radius 2 is 1.83 bits per heavy atom. The number of aliphatic hydroxyl groups excluding tert-OH is 1. The van der Waals surface area contributed by atoms with E-state index in [9.17, 15) is 14.7 Å². The van der Waals surface area contributed by atoms with E-state index in [1.165, 1.54) is 19.1 Å². The Morgan fingerprint density at radius 1 is 1.07 bits per heavy atom. The normalized spacial score (nSPS) is 15.7. The second kappa shape index (κ2) is 7.25. The van der Waals surface area contributed by atoms with Crippen molar-refractivity contribution >= 4 is 16.9 Å². The number of hydrogen-bond acceptors (Lipinski definition) is 6. The molecule has 0 radical (unpaired) electrons. The van der Waals surface area contributed by atoms with Crippen LogP contribution in [0.2, 0.25) is 0 Å². The van der Waals surface area contributed by atoms with Gasteiger partial charge in [0.05, 0.1) is 37.8 Å². The number of ether oxygens (including phenoxy) is 2. The maximum atomic E-state index is 13.4. The molecule has 150 valence electrons. The van der Waals surface area contributed by atoms with Crippen molar-refractivity contribution in [3.63, 3.8) is 0 Å². The van der Waals surface area contributed by atoms with E-state index in [1.807, 2.05) is 13.0 Å². The molecule has 1 aliphatic rings. The van der Waals surface area contributed by atoms with Crippen LogP contribution >= 0.6 is 0 Å². The number of aryl methyl sites for hydroxylation is 1. The molecule has 0 saturated heterocycles. The molecule has 1 amide bonds. The topological polar surface area (TPSA) is 89.2 Å². The Kier molecular flexibility index (Phi) is 4.76. The van der Waals surface area contributed by atoms with Gasteiger partial charge in [0, 0.05) is 6.54 Å². The number of rotatable bonds is 5. The van der Waals surface area contributed by atoms with Gasteiger partial charge in [0.2, 0.25) is 5.76 Å². The van der Waals surface area contributed by atoms with Crippen molar-refractivity contribution in [2.45, 2.75) is 13.0 Å². The van der Waals surface area contributed by atoms with Crippen LogP contribution in [-0.4, -0.2) is 43.3 Å². The molecule has 1 aromatic heterocycles. The van der Waals surface area contributed by atoms with E-state index in [0.717, 1.165) is 5.56 Å². The van der Waals surface area contributed by atoms with Gasteiger partial charge < -0.3 is 23.9 Å². The number of carbonyl (C=O) groups excluding carboxylic acids is 1. The molecule has 1 N–H and O–H groups in total. The van der Waals surface area contributed by atoms with Crippen molar-refractivity contribution < 1.29 is 23.8 Å². The molecule has 0 fully saturated rings. The third kappa shape index (κ3) is 2.94. The molecule has 1 atom stereocenters. The minimum atomic E-state index is -0.689. The van der Waals surface area contributed by atoms with Gasteiger partial charge in [-0.25, -0.2) is 0 Å². The van der Waals surface area contributed by atoms with Crippen LogP contribution in [0.5, 0.6) is 11.5 Å². The van der Waals surface area contributed by atoms with Crippen LogP contribution in [0, 0.1) is 6.92 Å². The maximum absolute atomic E-state index is 13.4. The first-order chi connectivity index (χ1) is 14.0. The summed E-state index contributed by atoms with van der Waals surface area (Å²) in [6.07, 6.45) is 0. The highest BCUT2D eigenvalue weighted by molar-refractivity contribution is 5.99. The van der Waals surface area contributed by atoms with E-state index in [4.69, 9.17) is 13.9 Å². The van der Waals surface area contributed by atoms with Gasteiger partial charge in [0.1, 0.15) is 5.58 Å². The molecule has 0 aliphatic carbocycles. The lowest BCUT2D eigenvalue weighted by Gasteiger charge is -2.24. The first-order valence-electron chi connectivity index (χ1n) is 9.21. The molecular weight excluding hydrogens is 374 g/mol. The number of fused-ring (bicyclic) bond motifs is 2. The zero-order chi connectivity index (χ0) is 20.7. The molecule has 3 aromatic rings.